The maximum Gasteiger partial charge on any atom is 0.128 e. The Labute approximate surface area is 107 Å². The van der Waals surface area contributed by atoms with Crippen molar-refractivity contribution in [1.29, 1.82) is 0 Å². The standard InChI is InChI=1S/C14H17N3O/c1-9-6-10(2)14(13(7-9)18-3)12-8-11(17-15)4-5-16-12/h4-8H,15H2,1-3H3,(H,16,17). The van der Waals surface area contributed by atoms with E-state index in [4.69, 9.17) is 10.6 Å². The molecule has 0 aliphatic heterocycles. The summed E-state index contributed by atoms with van der Waals surface area (Å²) in [7, 11) is 1.67. The van der Waals surface area contributed by atoms with Crippen molar-refractivity contribution < 1.29 is 4.74 Å². The number of rotatable bonds is 3. The zero-order valence-corrected chi connectivity index (χ0v) is 10.8. The summed E-state index contributed by atoms with van der Waals surface area (Å²) in [5.41, 5.74) is 7.59. The highest BCUT2D eigenvalue weighted by atomic mass is 16.5. The van der Waals surface area contributed by atoms with E-state index in [-0.39, 0.29) is 0 Å². The molecule has 0 saturated heterocycles. The summed E-state index contributed by atoms with van der Waals surface area (Å²) >= 11 is 0. The largest absolute Gasteiger partial charge is 0.496 e. The number of hydrazine groups is 1. The first kappa shape index (κ1) is 12.4. The van der Waals surface area contributed by atoms with Crippen molar-refractivity contribution in [2.24, 2.45) is 5.84 Å². The number of nitrogens with zero attached hydrogens (tertiary/aromatic N) is 1. The lowest BCUT2D eigenvalue weighted by molar-refractivity contribution is 0.415. The molecule has 4 nitrogen and oxygen atoms in total. The normalized spacial score (nSPS) is 10.2. The van der Waals surface area contributed by atoms with Crippen LogP contribution in [0.1, 0.15) is 11.1 Å². The number of nitrogens with one attached hydrogen (secondary N) is 1. The Morgan fingerprint density at radius 2 is 2.00 bits per heavy atom. The Morgan fingerprint density at radius 3 is 2.67 bits per heavy atom. The van der Waals surface area contributed by atoms with E-state index in [2.05, 4.69) is 23.4 Å². The number of nitrogen functional groups attached to an aromatic ring is 1. The molecule has 0 bridgehead atoms. The van der Waals surface area contributed by atoms with E-state index >= 15 is 0 Å². The summed E-state index contributed by atoms with van der Waals surface area (Å²) in [4.78, 5) is 4.38. The van der Waals surface area contributed by atoms with E-state index < -0.39 is 0 Å². The van der Waals surface area contributed by atoms with E-state index in [1.54, 1.807) is 13.3 Å². The van der Waals surface area contributed by atoms with Gasteiger partial charge in [-0.05, 0) is 43.2 Å². The third-order valence-corrected chi connectivity index (χ3v) is 2.85. The van der Waals surface area contributed by atoms with Crippen LogP contribution in [0.2, 0.25) is 0 Å². The molecule has 1 aromatic carbocycles. The van der Waals surface area contributed by atoms with Gasteiger partial charge in [-0.3, -0.25) is 10.8 Å². The molecule has 94 valence electrons. The molecule has 1 heterocycles. The molecule has 4 heteroatoms. The predicted molar refractivity (Wildman–Crippen MR) is 73.5 cm³/mol. The van der Waals surface area contributed by atoms with Gasteiger partial charge < -0.3 is 10.2 Å². The minimum Gasteiger partial charge on any atom is -0.496 e. The maximum absolute atomic E-state index is 5.44. The number of nitrogens with two attached hydrogens (primary N) is 1. The molecule has 0 spiro atoms. The van der Waals surface area contributed by atoms with Crippen LogP contribution in [0.5, 0.6) is 5.75 Å². The van der Waals surface area contributed by atoms with Gasteiger partial charge in [-0.2, -0.15) is 0 Å². The van der Waals surface area contributed by atoms with E-state index in [0.717, 1.165) is 28.3 Å². The molecule has 0 amide bonds. The van der Waals surface area contributed by atoms with Crippen LogP contribution in [-0.4, -0.2) is 12.1 Å². The van der Waals surface area contributed by atoms with Crippen molar-refractivity contribution in [3.63, 3.8) is 0 Å². The third kappa shape index (κ3) is 2.28. The van der Waals surface area contributed by atoms with Crippen LogP contribution in [0.4, 0.5) is 5.69 Å². The van der Waals surface area contributed by atoms with Crippen LogP contribution < -0.4 is 16.0 Å². The van der Waals surface area contributed by atoms with Gasteiger partial charge in [0.2, 0.25) is 0 Å². The summed E-state index contributed by atoms with van der Waals surface area (Å²) in [5.74, 6) is 6.25. The van der Waals surface area contributed by atoms with Crippen molar-refractivity contribution in [2.75, 3.05) is 12.5 Å². The Morgan fingerprint density at radius 1 is 1.22 bits per heavy atom. The topological polar surface area (TPSA) is 60.2 Å². The van der Waals surface area contributed by atoms with Crippen molar-refractivity contribution >= 4 is 5.69 Å². The van der Waals surface area contributed by atoms with Gasteiger partial charge in [0.25, 0.3) is 0 Å². The highest BCUT2D eigenvalue weighted by Crippen LogP contribution is 2.33. The predicted octanol–water partition coefficient (Wildman–Crippen LogP) is 2.66. The lowest BCUT2D eigenvalue weighted by atomic mass is 10.0. The van der Waals surface area contributed by atoms with Gasteiger partial charge >= 0.3 is 0 Å². The number of aryl methyl sites for hydroxylation is 2. The van der Waals surface area contributed by atoms with Crippen molar-refractivity contribution in [1.82, 2.24) is 4.98 Å². The highest BCUT2D eigenvalue weighted by molar-refractivity contribution is 5.73. The summed E-state index contributed by atoms with van der Waals surface area (Å²) in [6, 6.07) is 7.84. The second-order valence-electron chi connectivity index (χ2n) is 4.23. The van der Waals surface area contributed by atoms with E-state index in [9.17, 15) is 0 Å². The molecule has 0 aliphatic rings. The molecule has 0 radical (unpaired) electrons. The molecule has 3 N–H and O–H groups in total. The van der Waals surface area contributed by atoms with Crippen LogP contribution in [0.3, 0.4) is 0 Å². The fourth-order valence-corrected chi connectivity index (χ4v) is 2.07. The first-order valence-electron chi connectivity index (χ1n) is 5.74. The van der Waals surface area contributed by atoms with Gasteiger partial charge in [-0.15, -0.1) is 0 Å². The molecule has 18 heavy (non-hydrogen) atoms. The fraction of sp³-hybridized carbons (Fsp3) is 0.214. The van der Waals surface area contributed by atoms with Crippen LogP contribution in [0, 0.1) is 13.8 Å². The molecule has 1 aromatic heterocycles. The molecule has 0 fully saturated rings. The summed E-state index contributed by atoms with van der Waals surface area (Å²) in [6.07, 6.45) is 1.73. The average molecular weight is 243 g/mol. The van der Waals surface area contributed by atoms with Gasteiger partial charge in [0.05, 0.1) is 18.5 Å². The molecule has 2 rings (SSSR count). The monoisotopic (exact) mass is 243 g/mol. The van der Waals surface area contributed by atoms with E-state index in [1.807, 2.05) is 25.1 Å². The van der Waals surface area contributed by atoms with Crippen molar-refractivity contribution in [3.8, 4) is 17.0 Å². The Bertz CT molecular complexity index is 567. The quantitative estimate of drug-likeness (QED) is 0.642. The van der Waals surface area contributed by atoms with Gasteiger partial charge in [0.15, 0.2) is 0 Å². The maximum atomic E-state index is 5.44. The molecular weight excluding hydrogens is 226 g/mol. The minimum atomic E-state index is 0.821. The zero-order chi connectivity index (χ0) is 13.1. The third-order valence-electron chi connectivity index (χ3n) is 2.85. The van der Waals surface area contributed by atoms with Gasteiger partial charge in [-0.25, -0.2) is 0 Å². The SMILES string of the molecule is COc1cc(C)cc(C)c1-c1cc(NN)ccn1. The van der Waals surface area contributed by atoms with E-state index in [1.165, 1.54) is 5.56 Å². The number of ether oxygens (including phenoxy) is 1. The highest BCUT2D eigenvalue weighted by Gasteiger charge is 2.11. The Balaban J connectivity index is 2.62. The molecule has 2 aromatic rings. The van der Waals surface area contributed by atoms with Crippen molar-refractivity contribution in [2.45, 2.75) is 13.8 Å². The lowest BCUT2D eigenvalue weighted by Crippen LogP contribution is -2.07. The lowest BCUT2D eigenvalue weighted by Gasteiger charge is -2.13. The number of aromatic nitrogens is 1. The number of methoxy groups -OCH3 is 1. The smallest absolute Gasteiger partial charge is 0.128 e. The van der Waals surface area contributed by atoms with E-state index in [0.29, 0.717) is 0 Å². The number of pyridine rings is 1. The summed E-state index contributed by atoms with van der Waals surface area (Å²) < 4.78 is 5.44. The average Bonchev–Trinajstić information content (AvgIpc) is 2.37. The van der Waals surface area contributed by atoms with Crippen LogP contribution >= 0.6 is 0 Å². The van der Waals surface area contributed by atoms with Gasteiger partial charge in [0.1, 0.15) is 5.75 Å². The van der Waals surface area contributed by atoms with Crippen LogP contribution in [0.25, 0.3) is 11.3 Å². The molecule has 0 saturated carbocycles. The van der Waals surface area contributed by atoms with Crippen LogP contribution in [-0.2, 0) is 0 Å². The molecule has 0 unspecified atom stereocenters. The van der Waals surface area contributed by atoms with Crippen LogP contribution in [0.15, 0.2) is 30.5 Å². The first-order chi connectivity index (χ1) is 8.65. The summed E-state index contributed by atoms with van der Waals surface area (Å²) in [6.45, 7) is 4.10. The Kier molecular flexibility index (Phi) is 3.48. The summed E-state index contributed by atoms with van der Waals surface area (Å²) in [5, 5.41) is 0. The molecular formula is C14H17N3O. The minimum absolute atomic E-state index is 0.821. The first-order valence-corrected chi connectivity index (χ1v) is 5.74. The molecule has 0 aliphatic carbocycles. The molecule has 0 atom stereocenters. The zero-order valence-electron chi connectivity index (χ0n) is 10.8. The second-order valence-corrected chi connectivity index (χ2v) is 4.23. The number of benzene rings is 1. The van der Waals surface area contributed by atoms with Gasteiger partial charge in [0, 0.05) is 11.8 Å². The number of hydrogen-bond donors (Lipinski definition) is 2. The van der Waals surface area contributed by atoms with Gasteiger partial charge in [-0.1, -0.05) is 6.07 Å². The Hall–Kier alpha value is -2.07. The fourth-order valence-electron chi connectivity index (χ4n) is 2.07. The number of anilines is 1. The van der Waals surface area contributed by atoms with Crippen molar-refractivity contribution in [3.05, 3.63) is 41.6 Å². The number of hydrogen-bond acceptors (Lipinski definition) is 4. The second kappa shape index (κ2) is 5.06.